The number of hydrogen-bond acceptors (Lipinski definition) is 6. The molecule has 0 atom stereocenters. The van der Waals surface area contributed by atoms with Crippen molar-refractivity contribution in [2.24, 2.45) is 0 Å². The number of aryl methyl sites for hydroxylation is 2. The number of non-ortho nitro benzene ring substituents is 1. The van der Waals surface area contributed by atoms with E-state index in [9.17, 15) is 23.3 Å². The van der Waals surface area contributed by atoms with Gasteiger partial charge in [0.25, 0.3) is 11.6 Å². The Morgan fingerprint density at radius 3 is 2.32 bits per heavy atom. The molecule has 0 heterocycles. The molecular formula is C24H25N3O6S. The van der Waals surface area contributed by atoms with E-state index in [-0.39, 0.29) is 23.7 Å². The Labute approximate surface area is 198 Å². The van der Waals surface area contributed by atoms with Gasteiger partial charge >= 0.3 is 0 Å². The second-order valence-electron chi connectivity index (χ2n) is 7.85. The van der Waals surface area contributed by atoms with Crippen LogP contribution < -0.4 is 14.4 Å². The van der Waals surface area contributed by atoms with Crippen LogP contribution in [0.25, 0.3) is 0 Å². The lowest BCUT2D eigenvalue weighted by Crippen LogP contribution is -2.30. The van der Waals surface area contributed by atoms with E-state index < -0.39 is 20.9 Å². The maximum Gasteiger partial charge on any atom is 0.271 e. The molecule has 10 heteroatoms. The summed E-state index contributed by atoms with van der Waals surface area (Å²) >= 11 is 0. The maximum absolute atomic E-state index is 12.7. The molecule has 178 valence electrons. The summed E-state index contributed by atoms with van der Waals surface area (Å²) < 4.78 is 31.5. The van der Waals surface area contributed by atoms with E-state index in [4.69, 9.17) is 4.74 Å². The minimum Gasteiger partial charge on any atom is -0.495 e. The molecule has 0 bridgehead atoms. The summed E-state index contributed by atoms with van der Waals surface area (Å²) in [4.78, 5) is 23.2. The first-order valence-corrected chi connectivity index (χ1v) is 12.1. The Kier molecular flexibility index (Phi) is 7.21. The van der Waals surface area contributed by atoms with Crippen LogP contribution >= 0.6 is 0 Å². The molecule has 0 fully saturated rings. The molecule has 0 aromatic heterocycles. The molecule has 1 amide bonds. The highest BCUT2D eigenvalue weighted by Crippen LogP contribution is 2.30. The van der Waals surface area contributed by atoms with Gasteiger partial charge < -0.3 is 10.1 Å². The van der Waals surface area contributed by atoms with Gasteiger partial charge in [0.05, 0.1) is 36.2 Å². The number of benzene rings is 3. The Balaban J connectivity index is 1.83. The maximum atomic E-state index is 12.7. The number of rotatable bonds is 8. The molecule has 3 aromatic carbocycles. The van der Waals surface area contributed by atoms with Crippen LogP contribution in [0.2, 0.25) is 0 Å². The molecule has 0 unspecified atom stereocenters. The van der Waals surface area contributed by atoms with Crippen LogP contribution in [0.1, 0.15) is 27.0 Å². The summed E-state index contributed by atoms with van der Waals surface area (Å²) in [5.74, 6) is -0.201. The molecule has 3 aromatic rings. The van der Waals surface area contributed by atoms with Crippen molar-refractivity contribution in [3.8, 4) is 5.75 Å². The highest BCUT2D eigenvalue weighted by atomic mass is 32.2. The Bertz CT molecular complexity index is 1340. The highest BCUT2D eigenvalue weighted by molar-refractivity contribution is 7.92. The predicted octanol–water partition coefficient (Wildman–Crippen LogP) is 4.44. The number of ether oxygens (including phenoxy) is 1. The third kappa shape index (κ3) is 5.70. The van der Waals surface area contributed by atoms with Gasteiger partial charge in [-0.25, -0.2) is 8.42 Å². The molecule has 1 N–H and O–H groups in total. The first kappa shape index (κ1) is 24.7. The van der Waals surface area contributed by atoms with Crippen LogP contribution in [0.4, 0.5) is 17.1 Å². The van der Waals surface area contributed by atoms with Gasteiger partial charge in [0, 0.05) is 17.7 Å². The lowest BCUT2D eigenvalue weighted by atomic mass is 10.1. The van der Waals surface area contributed by atoms with Gasteiger partial charge in [-0.05, 0) is 54.8 Å². The van der Waals surface area contributed by atoms with E-state index in [1.54, 1.807) is 24.3 Å². The predicted molar refractivity (Wildman–Crippen MR) is 131 cm³/mol. The number of sulfonamides is 1. The number of nitrogens with one attached hydrogen (secondary N) is 1. The average molecular weight is 484 g/mol. The number of nitrogens with zero attached hydrogens (tertiary/aromatic N) is 2. The molecule has 0 aliphatic heterocycles. The first-order chi connectivity index (χ1) is 16.0. The summed E-state index contributed by atoms with van der Waals surface area (Å²) in [6.45, 7) is 3.85. The van der Waals surface area contributed by atoms with Crippen molar-refractivity contribution in [1.82, 2.24) is 0 Å². The molecule has 3 rings (SSSR count). The van der Waals surface area contributed by atoms with E-state index >= 15 is 0 Å². The smallest absolute Gasteiger partial charge is 0.271 e. The zero-order valence-electron chi connectivity index (χ0n) is 19.2. The van der Waals surface area contributed by atoms with Gasteiger partial charge in [-0.15, -0.1) is 0 Å². The average Bonchev–Trinajstić information content (AvgIpc) is 2.78. The van der Waals surface area contributed by atoms with Crippen LogP contribution in [0.15, 0.2) is 60.7 Å². The Morgan fingerprint density at radius 1 is 1.06 bits per heavy atom. The lowest BCUT2D eigenvalue weighted by Gasteiger charge is -2.25. The zero-order valence-corrected chi connectivity index (χ0v) is 20.0. The molecule has 9 nitrogen and oxygen atoms in total. The van der Waals surface area contributed by atoms with Crippen molar-refractivity contribution in [2.75, 3.05) is 23.0 Å². The minimum absolute atomic E-state index is 0.101. The second kappa shape index (κ2) is 9.92. The fraction of sp³-hybridized carbons (Fsp3) is 0.208. The largest absolute Gasteiger partial charge is 0.495 e. The van der Waals surface area contributed by atoms with Gasteiger partial charge in [0.1, 0.15) is 5.75 Å². The van der Waals surface area contributed by atoms with E-state index in [1.165, 1.54) is 29.6 Å². The number of methoxy groups -OCH3 is 1. The van der Waals surface area contributed by atoms with Crippen LogP contribution in [0.3, 0.4) is 0 Å². The molecule has 0 saturated carbocycles. The summed E-state index contributed by atoms with van der Waals surface area (Å²) in [7, 11) is -2.16. The van der Waals surface area contributed by atoms with Crippen molar-refractivity contribution in [2.45, 2.75) is 20.4 Å². The van der Waals surface area contributed by atoms with E-state index in [1.807, 2.05) is 32.0 Å². The SMILES string of the molecule is COc1ccc([N+](=O)[O-])cc1NC(=O)c1ccc(CN(c2cc(C)ccc2C)S(C)(=O)=O)cc1. The van der Waals surface area contributed by atoms with Crippen LogP contribution in [0, 0.1) is 24.0 Å². The zero-order chi connectivity index (χ0) is 25.0. The molecule has 0 spiro atoms. The lowest BCUT2D eigenvalue weighted by molar-refractivity contribution is -0.384. The topological polar surface area (TPSA) is 119 Å². The summed E-state index contributed by atoms with van der Waals surface area (Å²) in [6, 6.07) is 16.0. The first-order valence-electron chi connectivity index (χ1n) is 10.3. The van der Waals surface area contributed by atoms with Crippen LogP contribution in [-0.2, 0) is 16.6 Å². The summed E-state index contributed by atoms with van der Waals surface area (Å²) in [5.41, 5.74) is 3.35. The summed E-state index contributed by atoms with van der Waals surface area (Å²) in [5, 5.41) is 13.7. The minimum atomic E-state index is -3.56. The molecule has 0 aliphatic carbocycles. The van der Waals surface area contributed by atoms with Gasteiger partial charge in [-0.2, -0.15) is 0 Å². The molecule has 0 radical (unpaired) electrons. The third-order valence-electron chi connectivity index (χ3n) is 5.22. The van der Waals surface area contributed by atoms with Crippen molar-refractivity contribution in [1.29, 1.82) is 0 Å². The quantitative estimate of drug-likeness (QED) is 0.374. The van der Waals surface area contributed by atoms with Crippen molar-refractivity contribution in [3.05, 3.63) is 93.0 Å². The molecular weight excluding hydrogens is 458 g/mol. The number of carbonyl (C=O) groups excluding carboxylic acids is 1. The highest BCUT2D eigenvalue weighted by Gasteiger charge is 2.20. The number of nitro groups is 1. The Hall–Kier alpha value is -3.92. The number of carbonyl (C=O) groups is 1. The number of nitro benzene ring substituents is 1. The molecule has 34 heavy (non-hydrogen) atoms. The number of amides is 1. The number of anilines is 2. The fourth-order valence-corrected chi connectivity index (χ4v) is 4.34. The third-order valence-corrected chi connectivity index (χ3v) is 6.34. The van der Waals surface area contributed by atoms with E-state index in [0.717, 1.165) is 17.4 Å². The Morgan fingerprint density at radius 2 is 1.74 bits per heavy atom. The van der Waals surface area contributed by atoms with E-state index in [2.05, 4.69) is 5.32 Å². The van der Waals surface area contributed by atoms with Gasteiger partial charge in [0.2, 0.25) is 10.0 Å². The van der Waals surface area contributed by atoms with Crippen molar-refractivity contribution in [3.63, 3.8) is 0 Å². The normalized spacial score (nSPS) is 11.1. The standard InChI is InChI=1S/C24H25N3O6S/c1-16-5-6-17(2)22(13-16)26(34(4,31)32)15-18-7-9-19(10-8-18)24(28)25-21-14-20(27(29)30)11-12-23(21)33-3/h5-14H,15H2,1-4H3,(H,25,28). The molecule has 0 aliphatic rings. The van der Waals surface area contributed by atoms with Crippen molar-refractivity contribution < 1.29 is 22.9 Å². The van der Waals surface area contributed by atoms with Gasteiger partial charge in [-0.1, -0.05) is 24.3 Å². The number of hydrogen-bond donors (Lipinski definition) is 1. The second-order valence-corrected chi connectivity index (χ2v) is 9.76. The van der Waals surface area contributed by atoms with E-state index in [0.29, 0.717) is 16.8 Å². The van der Waals surface area contributed by atoms with Crippen LogP contribution in [0.5, 0.6) is 5.75 Å². The fourth-order valence-electron chi connectivity index (χ4n) is 3.40. The van der Waals surface area contributed by atoms with Gasteiger partial charge in [0.15, 0.2) is 0 Å². The van der Waals surface area contributed by atoms with Gasteiger partial charge in [-0.3, -0.25) is 19.2 Å². The van der Waals surface area contributed by atoms with Crippen molar-refractivity contribution >= 4 is 33.0 Å². The molecule has 0 saturated heterocycles. The summed E-state index contributed by atoms with van der Waals surface area (Å²) in [6.07, 6.45) is 1.16. The monoisotopic (exact) mass is 483 g/mol. The van der Waals surface area contributed by atoms with Crippen LogP contribution in [-0.4, -0.2) is 32.6 Å².